The van der Waals surface area contributed by atoms with E-state index in [1.807, 2.05) is 30.3 Å². The number of carbonyl (C=O) groups is 1. The minimum absolute atomic E-state index is 0.100. The molecule has 0 fully saturated rings. The molecule has 0 aliphatic heterocycles. The van der Waals surface area contributed by atoms with Gasteiger partial charge < -0.3 is 14.6 Å². The van der Waals surface area contributed by atoms with Gasteiger partial charge in [-0.15, -0.1) is 0 Å². The highest BCUT2D eigenvalue weighted by atomic mass is 19.4. The summed E-state index contributed by atoms with van der Waals surface area (Å²) in [6.45, 7) is -0.141. The molecular weight excluding hydrogens is 497 g/mol. The number of ether oxygens (including phenoxy) is 2. The van der Waals surface area contributed by atoms with Gasteiger partial charge in [0.05, 0.1) is 17.8 Å². The second-order valence-corrected chi connectivity index (χ2v) is 8.47. The lowest BCUT2D eigenvalue weighted by Crippen LogP contribution is -2.09. The van der Waals surface area contributed by atoms with Crippen LogP contribution in [0.15, 0.2) is 97.1 Å². The van der Waals surface area contributed by atoms with Gasteiger partial charge in [-0.3, -0.25) is 4.68 Å². The van der Waals surface area contributed by atoms with E-state index in [1.54, 1.807) is 59.3 Å². The summed E-state index contributed by atoms with van der Waals surface area (Å²) < 4.78 is 53.8. The molecule has 1 heterocycles. The molecule has 38 heavy (non-hydrogen) atoms. The van der Waals surface area contributed by atoms with Gasteiger partial charge in [-0.2, -0.15) is 18.3 Å². The van der Waals surface area contributed by atoms with Crippen LogP contribution in [0.25, 0.3) is 22.2 Å². The Morgan fingerprint density at radius 2 is 1.45 bits per heavy atom. The van der Waals surface area contributed by atoms with E-state index in [0.717, 1.165) is 11.6 Å². The van der Waals surface area contributed by atoms with Crippen molar-refractivity contribution in [2.24, 2.45) is 0 Å². The van der Waals surface area contributed by atoms with E-state index in [1.165, 1.54) is 6.07 Å². The van der Waals surface area contributed by atoms with Crippen LogP contribution in [0.2, 0.25) is 0 Å². The molecule has 0 atom stereocenters. The maximum Gasteiger partial charge on any atom is 0.418 e. The number of aliphatic carboxylic acids is 1. The number of nitrogens with zero attached hydrogens (tertiary/aromatic N) is 2. The van der Waals surface area contributed by atoms with Gasteiger partial charge in [-0.25, -0.2) is 4.79 Å². The van der Waals surface area contributed by atoms with E-state index in [0.29, 0.717) is 40.4 Å². The quantitative estimate of drug-likeness (QED) is 0.239. The van der Waals surface area contributed by atoms with Crippen LogP contribution in [0.1, 0.15) is 11.1 Å². The highest BCUT2D eigenvalue weighted by molar-refractivity contribution is 5.95. The molecule has 0 bridgehead atoms. The van der Waals surface area contributed by atoms with Crippen molar-refractivity contribution in [3.8, 4) is 28.5 Å². The monoisotopic (exact) mass is 518 g/mol. The summed E-state index contributed by atoms with van der Waals surface area (Å²) in [6, 6.07) is 27.0. The Hall–Kier alpha value is -4.79. The Morgan fingerprint density at radius 3 is 2.08 bits per heavy atom. The van der Waals surface area contributed by atoms with Crippen molar-refractivity contribution in [2.45, 2.75) is 12.7 Å². The van der Waals surface area contributed by atoms with E-state index in [-0.39, 0.29) is 5.52 Å². The summed E-state index contributed by atoms with van der Waals surface area (Å²) in [4.78, 5) is 10.6. The predicted molar refractivity (Wildman–Crippen MR) is 135 cm³/mol. The number of rotatable bonds is 8. The molecule has 0 unspecified atom stereocenters. The summed E-state index contributed by atoms with van der Waals surface area (Å²) >= 11 is 0. The predicted octanol–water partition coefficient (Wildman–Crippen LogP) is 7.03. The molecule has 1 N–H and O–H groups in total. The van der Waals surface area contributed by atoms with Crippen LogP contribution < -0.4 is 9.47 Å². The summed E-state index contributed by atoms with van der Waals surface area (Å²) in [5, 5.41) is 13.5. The van der Waals surface area contributed by atoms with Gasteiger partial charge >= 0.3 is 12.1 Å². The molecule has 9 heteroatoms. The molecule has 0 saturated carbocycles. The highest BCUT2D eigenvalue weighted by Gasteiger charge is 2.34. The lowest BCUT2D eigenvalue weighted by molar-refractivity contribution is -0.139. The van der Waals surface area contributed by atoms with Crippen LogP contribution in [0.3, 0.4) is 0 Å². The molecule has 0 radical (unpaired) electrons. The zero-order valence-electron chi connectivity index (χ0n) is 19.9. The number of hydrogen-bond acceptors (Lipinski definition) is 4. The van der Waals surface area contributed by atoms with E-state index < -0.39 is 24.3 Å². The van der Waals surface area contributed by atoms with E-state index in [4.69, 9.17) is 14.6 Å². The molecule has 0 aliphatic rings. The van der Waals surface area contributed by atoms with Gasteiger partial charge in [0.2, 0.25) is 0 Å². The topological polar surface area (TPSA) is 73.6 Å². The first-order valence-electron chi connectivity index (χ1n) is 11.6. The lowest BCUT2D eigenvalue weighted by Gasteiger charge is -2.11. The Balaban J connectivity index is 1.46. The molecule has 5 aromatic rings. The van der Waals surface area contributed by atoms with Crippen LogP contribution in [0.5, 0.6) is 17.2 Å². The van der Waals surface area contributed by atoms with Crippen LogP contribution in [0, 0.1) is 0 Å². The van der Waals surface area contributed by atoms with Crippen molar-refractivity contribution in [1.82, 2.24) is 9.78 Å². The number of carboxylic acid groups (broad SMARTS) is 1. The number of benzene rings is 4. The van der Waals surface area contributed by atoms with Crippen LogP contribution >= 0.6 is 0 Å². The van der Waals surface area contributed by atoms with Gasteiger partial charge in [0.15, 0.2) is 6.61 Å². The Labute approximate surface area is 215 Å². The lowest BCUT2D eigenvalue weighted by atomic mass is 10.0. The average molecular weight is 518 g/mol. The van der Waals surface area contributed by atoms with Crippen LogP contribution in [-0.2, 0) is 17.5 Å². The molecule has 0 spiro atoms. The Kier molecular flexibility index (Phi) is 6.74. The third-order valence-electron chi connectivity index (χ3n) is 5.80. The smallest absolute Gasteiger partial charge is 0.418 e. The van der Waals surface area contributed by atoms with Crippen molar-refractivity contribution in [3.63, 3.8) is 0 Å². The fourth-order valence-corrected chi connectivity index (χ4v) is 4.12. The number of alkyl halides is 3. The molecule has 6 nitrogen and oxygen atoms in total. The second kappa shape index (κ2) is 10.3. The average Bonchev–Trinajstić information content (AvgIpc) is 3.26. The zero-order valence-corrected chi connectivity index (χ0v) is 19.9. The van der Waals surface area contributed by atoms with Crippen molar-refractivity contribution in [2.75, 3.05) is 6.61 Å². The molecule has 0 saturated heterocycles. The van der Waals surface area contributed by atoms with E-state index in [2.05, 4.69) is 5.10 Å². The third kappa shape index (κ3) is 5.46. The number of hydrogen-bond donors (Lipinski definition) is 1. The Morgan fingerprint density at radius 1 is 0.816 bits per heavy atom. The first-order valence-corrected chi connectivity index (χ1v) is 11.6. The number of fused-ring (bicyclic) bond motifs is 1. The maximum atomic E-state index is 13.8. The summed E-state index contributed by atoms with van der Waals surface area (Å²) in [6.07, 6.45) is -4.53. The standard InChI is InChI=1S/C29H21F3N2O4/c30-29(31,32)25-8-4-7-24-27(25)33-34(17-19-5-2-1-3-6-19)28(24)20-9-11-22(12-10-20)38-23-15-13-21(14-16-23)37-18-26(35)36/h1-16H,17-18H2,(H,35,36). The Bertz CT molecular complexity index is 1560. The highest BCUT2D eigenvalue weighted by Crippen LogP contribution is 2.38. The third-order valence-corrected chi connectivity index (χ3v) is 5.80. The van der Waals surface area contributed by atoms with Gasteiger partial charge in [0.25, 0.3) is 0 Å². The minimum Gasteiger partial charge on any atom is -0.482 e. The van der Waals surface area contributed by atoms with Crippen molar-refractivity contribution >= 4 is 16.9 Å². The van der Waals surface area contributed by atoms with Crippen molar-refractivity contribution < 1.29 is 32.5 Å². The minimum atomic E-state index is -4.53. The van der Waals surface area contributed by atoms with Crippen LogP contribution in [-0.4, -0.2) is 27.5 Å². The largest absolute Gasteiger partial charge is 0.482 e. The molecule has 0 amide bonds. The number of carboxylic acids is 1. The van der Waals surface area contributed by atoms with Crippen molar-refractivity contribution in [3.05, 3.63) is 108 Å². The zero-order chi connectivity index (χ0) is 26.7. The SMILES string of the molecule is O=C(O)COc1ccc(Oc2ccc(-c3c4cccc(C(F)(F)F)c4nn3Cc3ccccc3)cc2)cc1. The first kappa shape index (κ1) is 24.9. The summed E-state index contributed by atoms with van der Waals surface area (Å²) in [7, 11) is 0. The van der Waals surface area contributed by atoms with Crippen molar-refractivity contribution in [1.29, 1.82) is 0 Å². The first-order chi connectivity index (χ1) is 18.3. The van der Waals surface area contributed by atoms with Crippen LogP contribution in [0.4, 0.5) is 13.2 Å². The summed E-state index contributed by atoms with van der Waals surface area (Å²) in [5.41, 5.74) is 1.29. The van der Waals surface area contributed by atoms with E-state index in [9.17, 15) is 18.0 Å². The second-order valence-electron chi connectivity index (χ2n) is 8.47. The summed E-state index contributed by atoms with van der Waals surface area (Å²) in [5.74, 6) is 0.349. The number of aromatic nitrogens is 2. The fraction of sp³-hybridized carbons (Fsp3) is 0.103. The van der Waals surface area contributed by atoms with Gasteiger partial charge in [-0.05, 0) is 60.2 Å². The number of halogens is 3. The fourth-order valence-electron chi connectivity index (χ4n) is 4.12. The van der Waals surface area contributed by atoms with Gasteiger partial charge in [0, 0.05) is 10.9 Å². The molecule has 1 aromatic heterocycles. The van der Waals surface area contributed by atoms with Gasteiger partial charge in [0.1, 0.15) is 22.8 Å². The molecule has 4 aromatic carbocycles. The van der Waals surface area contributed by atoms with Gasteiger partial charge in [-0.1, -0.05) is 42.5 Å². The molecule has 0 aliphatic carbocycles. The normalized spacial score (nSPS) is 11.4. The maximum absolute atomic E-state index is 13.8. The van der Waals surface area contributed by atoms with E-state index >= 15 is 0 Å². The molecule has 5 rings (SSSR count). The molecular formula is C29H21F3N2O4. The molecule has 192 valence electrons.